The van der Waals surface area contributed by atoms with E-state index < -0.39 is 17.2 Å². The van der Waals surface area contributed by atoms with Gasteiger partial charge in [-0.15, -0.1) is 0 Å². The smallest absolute Gasteiger partial charge is 0.244 e. The predicted octanol–water partition coefficient (Wildman–Crippen LogP) is -0.231. The van der Waals surface area contributed by atoms with Crippen LogP contribution in [0.4, 0.5) is 0 Å². The maximum Gasteiger partial charge on any atom is 0.244 e. The van der Waals surface area contributed by atoms with Crippen LogP contribution in [0.25, 0.3) is 0 Å². The third-order valence-electron chi connectivity index (χ3n) is 2.80. The van der Waals surface area contributed by atoms with E-state index in [-0.39, 0.29) is 6.42 Å². The molecule has 6 nitrogen and oxygen atoms in total. The number of allylic oxidation sites excluding steroid dienone is 2. The summed E-state index contributed by atoms with van der Waals surface area (Å²) in [5.74, 6) is -1.18. The van der Waals surface area contributed by atoms with Crippen molar-refractivity contribution in [3.05, 3.63) is 41.8 Å². The average Bonchev–Trinajstić information content (AvgIpc) is 2.82. The summed E-state index contributed by atoms with van der Waals surface area (Å²) < 4.78 is 4.71. The van der Waals surface area contributed by atoms with Crippen LogP contribution in [0.5, 0.6) is 0 Å². The zero-order chi connectivity index (χ0) is 12.5. The molecule has 1 atom stereocenters. The van der Waals surface area contributed by atoms with Gasteiger partial charge in [0.25, 0.3) is 0 Å². The van der Waals surface area contributed by atoms with Crippen LogP contribution in [0.2, 0.25) is 0 Å². The molecule has 0 saturated carbocycles. The summed E-state index contributed by atoms with van der Waals surface area (Å²) >= 11 is 0. The van der Waals surface area contributed by atoms with Gasteiger partial charge in [0.1, 0.15) is 17.4 Å². The highest BCUT2D eigenvalue weighted by Gasteiger charge is 2.41. The minimum atomic E-state index is -1.16. The number of rotatable bonds is 3. The molecule has 17 heavy (non-hydrogen) atoms. The Morgan fingerprint density at radius 2 is 2.18 bits per heavy atom. The molecule has 0 aliphatic heterocycles. The highest BCUT2D eigenvalue weighted by molar-refractivity contribution is 5.97. The minimum Gasteiger partial charge on any atom is -0.369 e. The molecule has 0 fully saturated rings. The fourth-order valence-electron chi connectivity index (χ4n) is 1.83. The average molecular weight is 233 g/mol. The number of aromatic nitrogens is 1. The summed E-state index contributed by atoms with van der Waals surface area (Å²) in [5, 5.41) is 3.72. The maximum atomic E-state index is 11.7. The summed E-state index contributed by atoms with van der Waals surface area (Å²) in [6.45, 7) is 0. The van der Waals surface area contributed by atoms with Gasteiger partial charge in [-0.2, -0.15) is 0 Å². The van der Waals surface area contributed by atoms with E-state index in [0.717, 1.165) is 0 Å². The van der Waals surface area contributed by atoms with Crippen molar-refractivity contribution in [3.8, 4) is 0 Å². The van der Waals surface area contributed by atoms with Crippen molar-refractivity contribution in [1.29, 1.82) is 0 Å². The van der Waals surface area contributed by atoms with E-state index >= 15 is 0 Å². The van der Waals surface area contributed by atoms with Gasteiger partial charge in [0, 0.05) is 18.1 Å². The van der Waals surface area contributed by atoms with Gasteiger partial charge in [0.2, 0.25) is 11.8 Å². The largest absolute Gasteiger partial charge is 0.369 e. The number of carbonyl (C=O) groups excluding carboxylic acids is 2. The SMILES string of the molecule is NC(=O)C1=CC=CC(C(N)=O)(c2ccon2)C1. The highest BCUT2D eigenvalue weighted by Crippen LogP contribution is 2.34. The minimum absolute atomic E-state index is 0.0979. The van der Waals surface area contributed by atoms with Crippen molar-refractivity contribution in [3.63, 3.8) is 0 Å². The summed E-state index contributed by atoms with van der Waals surface area (Å²) in [4.78, 5) is 22.8. The second kappa shape index (κ2) is 3.89. The molecule has 2 rings (SSSR count). The molecule has 1 unspecified atom stereocenters. The van der Waals surface area contributed by atoms with Gasteiger partial charge in [0.15, 0.2) is 0 Å². The topological polar surface area (TPSA) is 112 Å². The lowest BCUT2D eigenvalue weighted by molar-refractivity contribution is -0.122. The molecule has 1 aromatic heterocycles. The molecule has 2 amide bonds. The molecule has 1 aromatic rings. The molecule has 0 bridgehead atoms. The number of carbonyl (C=O) groups is 2. The van der Waals surface area contributed by atoms with E-state index in [9.17, 15) is 9.59 Å². The van der Waals surface area contributed by atoms with E-state index in [4.69, 9.17) is 16.0 Å². The second-order valence-corrected chi connectivity index (χ2v) is 3.81. The van der Waals surface area contributed by atoms with E-state index in [0.29, 0.717) is 11.3 Å². The van der Waals surface area contributed by atoms with Gasteiger partial charge in [-0.1, -0.05) is 23.4 Å². The van der Waals surface area contributed by atoms with Crippen LogP contribution in [0.1, 0.15) is 12.1 Å². The van der Waals surface area contributed by atoms with Crippen molar-refractivity contribution < 1.29 is 14.1 Å². The first kappa shape index (κ1) is 11.1. The quantitative estimate of drug-likeness (QED) is 0.750. The molecule has 4 N–H and O–H groups in total. The molecule has 6 heteroatoms. The number of nitrogens with zero attached hydrogens (tertiary/aromatic N) is 1. The Kier molecular flexibility index (Phi) is 2.55. The Bertz CT molecular complexity index is 516. The molecule has 88 valence electrons. The molecular weight excluding hydrogens is 222 g/mol. The highest BCUT2D eigenvalue weighted by atomic mass is 16.5. The monoisotopic (exact) mass is 233 g/mol. The molecule has 0 radical (unpaired) electrons. The molecular formula is C11H11N3O3. The van der Waals surface area contributed by atoms with Crippen LogP contribution in [0.3, 0.4) is 0 Å². The lowest BCUT2D eigenvalue weighted by atomic mass is 9.75. The first-order chi connectivity index (χ1) is 8.06. The van der Waals surface area contributed by atoms with Crippen LogP contribution < -0.4 is 11.5 Å². The Hall–Kier alpha value is -2.37. The van der Waals surface area contributed by atoms with Crippen LogP contribution in [-0.2, 0) is 15.0 Å². The second-order valence-electron chi connectivity index (χ2n) is 3.81. The van der Waals surface area contributed by atoms with Gasteiger partial charge < -0.3 is 16.0 Å². The first-order valence-corrected chi connectivity index (χ1v) is 4.95. The Labute approximate surface area is 96.9 Å². The zero-order valence-corrected chi connectivity index (χ0v) is 8.92. The third-order valence-corrected chi connectivity index (χ3v) is 2.80. The number of primary amides is 2. The van der Waals surface area contributed by atoms with Crippen LogP contribution in [-0.4, -0.2) is 17.0 Å². The fraction of sp³-hybridized carbons (Fsp3) is 0.182. The Balaban J connectivity index is 2.47. The molecule has 1 aliphatic rings. The van der Waals surface area contributed by atoms with Gasteiger partial charge in [-0.05, 0) is 0 Å². The maximum absolute atomic E-state index is 11.7. The number of nitrogens with two attached hydrogens (primary N) is 2. The summed E-state index contributed by atoms with van der Waals surface area (Å²) in [7, 11) is 0. The van der Waals surface area contributed by atoms with E-state index in [1.165, 1.54) is 6.26 Å². The van der Waals surface area contributed by atoms with Crippen molar-refractivity contribution in [2.45, 2.75) is 11.8 Å². The lowest BCUT2D eigenvalue weighted by Gasteiger charge is -2.27. The predicted molar refractivity (Wildman–Crippen MR) is 58.4 cm³/mol. The van der Waals surface area contributed by atoms with Crippen molar-refractivity contribution in [1.82, 2.24) is 5.16 Å². The van der Waals surface area contributed by atoms with E-state index in [2.05, 4.69) is 5.16 Å². The zero-order valence-electron chi connectivity index (χ0n) is 8.92. The van der Waals surface area contributed by atoms with E-state index in [1.807, 2.05) is 0 Å². The summed E-state index contributed by atoms with van der Waals surface area (Å²) in [6.07, 6.45) is 6.17. The Morgan fingerprint density at radius 3 is 2.71 bits per heavy atom. The summed E-state index contributed by atoms with van der Waals surface area (Å²) in [6, 6.07) is 1.54. The molecule has 1 aliphatic carbocycles. The van der Waals surface area contributed by atoms with Crippen LogP contribution in [0.15, 0.2) is 40.7 Å². The lowest BCUT2D eigenvalue weighted by Crippen LogP contribution is -2.42. The van der Waals surface area contributed by atoms with Gasteiger partial charge in [-0.3, -0.25) is 9.59 Å². The van der Waals surface area contributed by atoms with E-state index in [1.54, 1.807) is 24.3 Å². The van der Waals surface area contributed by atoms with Crippen molar-refractivity contribution in [2.24, 2.45) is 11.5 Å². The number of amides is 2. The van der Waals surface area contributed by atoms with Crippen molar-refractivity contribution >= 4 is 11.8 Å². The molecule has 1 heterocycles. The third kappa shape index (κ3) is 1.73. The number of hydrogen-bond donors (Lipinski definition) is 2. The summed E-state index contributed by atoms with van der Waals surface area (Å²) in [5.41, 5.74) is 10.1. The van der Waals surface area contributed by atoms with Crippen LogP contribution >= 0.6 is 0 Å². The standard InChI is InChI=1S/C11H11N3O3/c12-9(15)7-2-1-4-11(6-7,10(13)16)8-3-5-17-14-8/h1-5H,6H2,(H2,12,15)(H2,13,16). The van der Waals surface area contributed by atoms with Gasteiger partial charge >= 0.3 is 0 Å². The first-order valence-electron chi connectivity index (χ1n) is 4.95. The molecule has 0 spiro atoms. The normalized spacial score (nSPS) is 23.2. The van der Waals surface area contributed by atoms with Crippen molar-refractivity contribution in [2.75, 3.05) is 0 Å². The van der Waals surface area contributed by atoms with Gasteiger partial charge in [0.05, 0.1) is 0 Å². The fourth-order valence-corrected chi connectivity index (χ4v) is 1.83. The van der Waals surface area contributed by atoms with Crippen LogP contribution in [0, 0.1) is 0 Å². The molecule has 0 aromatic carbocycles. The Morgan fingerprint density at radius 1 is 1.41 bits per heavy atom. The van der Waals surface area contributed by atoms with Gasteiger partial charge in [-0.25, -0.2) is 0 Å². The number of hydrogen-bond acceptors (Lipinski definition) is 4. The molecule has 0 saturated heterocycles.